The lowest BCUT2D eigenvalue weighted by Crippen LogP contribution is -2.52. The van der Waals surface area contributed by atoms with Crippen LogP contribution >= 0.6 is 35.0 Å². The topological polar surface area (TPSA) is 49.4 Å². The monoisotopic (exact) mass is 546 g/mol. The van der Waals surface area contributed by atoms with Gasteiger partial charge in [0.15, 0.2) is 0 Å². The van der Waals surface area contributed by atoms with Crippen molar-refractivity contribution < 1.29 is 14.0 Å². The van der Waals surface area contributed by atoms with E-state index in [1.165, 1.54) is 17.8 Å². The summed E-state index contributed by atoms with van der Waals surface area (Å²) in [7, 11) is 0. The van der Waals surface area contributed by atoms with Crippen LogP contribution in [0.4, 0.5) is 4.39 Å². The maximum absolute atomic E-state index is 14.0. The van der Waals surface area contributed by atoms with Crippen molar-refractivity contribution in [2.45, 2.75) is 44.6 Å². The molecule has 190 valence electrons. The van der Waals surface area contributed by atoms with Crippen LogP contribution < -0.4 is 5.32 Å². The molecule has 1 N–H and O–H groups in total. The van der Waals surface area contributed by atoms with Crippen molar-refractivity contribution in [2.75, 3.05) is 5.75 Å². The maximum Gasteiger partial charge on any atom is 0.243 e. The second-order valence-electron chi connectivity index (χ2n) is 8.71. The highest BCUT2D eigenvalue weighted by Gasteiger charge is 2.31. The van der Waals surface area contributed by atoms with Crippen molar-refractivity contribution in [2.24, 2.45) is 0 Å². The first-order chi connectivity index (χ1) is 17.2. The summed E-state index contributed by atoms with van der Waals surface area (Å²) in [5.41, 5.74) is 2.14. The molecule has 0 bridgehead atoms. The Balaban J connectivity index is 1.88. The summed E-state index contributed by atoms with van der Waals surface area (Å²) in [6, 6.07) is 20.3. The van der Waals surface area contributed by atoms with Crippen LogP contribution in [-0.4, -0.2) is 34.6 Å². The predicted molar refractivity (Wildman–Crippen MR) is 147 cm³/mol. The molecule has 0 aliphatic carbocycles. The smallest absolute Gasteiger partial charge is 0.243 e. The van der Waals surface area contributed by atoms with Gasteiger partial charge in [-0.25, -0.2) is 4.39 Å². The number of nitrogens with one attached hydrogen (secondary N) is 1. The van der Waals surface area contributed by atoms with E-state index in [0.717, 1.165) is 5.56 Å². The molecule has 0 spiro atoms. The van der Waals surface area contributed by atoms with Crippen molar-refractivity contribution in [3.05, 3.63) is 105 Å². The lowest BCUT2D eigenvalue weighted by molar-refractivity contribution is -0.139. The van der Waals surface area contributed by atoms with Crippen LogP contribution in [0, 0.1) is 5.82 Å². The van der Waals surface area contributed by atoms with E-state index < -0.39 is 6.04 Å². The minimum Gasteiger partial charge on any atom is -0.352 e. The van der Waals surface area contributed by atoms with E-state index in [9.17, 15) is 14.0 Å². The third-order valence-corrected chi connectivity index (χ3v) is 7.05. The second-order valence-corrected chi connectivity index (χ2v) is 10.5. The van der Waals surface area contributed by atoms with Crippen molar-refractivity contribution in [1.29, 1.82) is 0 Å². The molecule has 3 aromatic carbocycles. The molecule has 0 aromatic heterocycles. The molecule has 0 saturated heterocycles. The van der Waals surface area contributed by atoms with Gasteiger partial charge in [0.25, 0.3) is 0 Å². The average molecular weight is 548 g/mol. The van der Waals surface area contributed by atoms with Crippen LogP contribution in [0.3, 0.4) is 0 Å². The molecule has 8 heteroatoms. The van der Waals surface area contributed by atoms with Crippen molar-refractivity contribution in [1.82, 2.24) is 10.2 Å². The standard InChI is InChI=1S/C28H29Cl2FN2O2S/c1-19(2)32-28(35)26(14-20-8-4-3-5-9-20)33(16-21-12-13-23(29)15-24(21)30)27(34)18-36-17-22-10-6-7-11-25(22)31/h3-13,15,19,26H,14,16-18H2,1-2H3,(H,32,35)/t26-/m0/s1. The van der Waals surface area contributed by atoms with E-state index in [2.05, 4.69) is 5.32 Å². The van der Waals surface area contributed by atoms with Gasteiger partial charge in [0.1, 0.15) is 11.9 Å². The van der Waals surface area contributed by atoms with Crippen LogP contribution in [0.5, 0.6) is 0 Å². The van der Waals surface area contributed by atoms with Gasteiger partial charge in [-0.2, -0.15) is 0 Å². The lowest BCUT2D eigenvalue weighted by atomic mass is 10.0. The van der Waals surface area contributed by atoms with Crippen LogP contribution in [-0.2, 0) is 28.3 Å². The Kier molecular flexibility index (Phi) is 10.7. The van der Waals surface area contributed by atoms with Gasteiger partial charge >= 0.3 is 0 Å². The van der Waals surface area contributed by atoms with E-state index in [1.54, 1.807) is 41.3 Å². The fourth-order valence-electron chi connectivity index (χ4n) is 3.71. The molecule has 3 rings (SSSR count). The summed E-state index contributed by atoms with van der Waals surface area (Å²) in [6.45, 7) is 3.89. The third-order valence-electron chi connectivity index (χ3n) is 5.50. The van der Waals surface area contributed by atoms with E-state index in [1.807, 2.05) is 44.2 Å². The maximum atomic E-state index is 14.0. The second kappa shape index (κ2) is 13.7. The van der Waals surface area contributed by atoms with Crippen molar-refractivity contribution in [3.8, 4) is 0 Å². The Morgan fingerprint density at radius 2 is 1.67 bits per heavy atom. The van der Waals surface area contributed by atoms with Gasteiger partial charge in [0.2, 0.25) is 11.8 Å². The van der Waals surface area contributed by atoms with Crippen molar-refractivity contribution >= 4 is 46.8 Å². The molecule has 0 unspecified atom stereocenters. The molecule has 3 aromatic rings. The number of rotatable bonds is 11. The fourth-order valence-corrected chi connectivity index (χ4v) is 5.08. The Labute approximate surface area is 226 Å². The van der Waals surface area contributed by atoms with Crippen LogP contribution in [0.15, 0.2) is 72.8 Å². The number of benzene rings is 3. The Morgan fingerprint density at radius 3 is 2.33 bits per heavy atom. The SMILES string of the molecule is CC(C)NC(=O)[C@H](Cc1ccccc1)N(Cc1ccc(Cl)cc1Cl)C(=O)CSCc1ccccc1F. The molecule has 36 heavy (non-hydrogen) atoms. The summed E-state index contributed by atoms with van der Waals surface area (Å²) >= 11 is 13.8. The van der Waals surface area contributed by atoms with Gasteiger partial charge in [-0.1, -0.05) is 77.8 Å². The van der Waals surface area contributed by atoms with Gasteiger partial charge < -0.3 is 10.2 Å². The highest BCUT2D eigenvalue weighted by Crippen LogP contribution is 2.25. The first-order valence-electron chi connectivity index (χ1n) is 11.6. The quantitative estimate of drug-likeness (QED) is 0.297. The molecule has 2 amide bonds. The molecular formula is C28H29Cl2FN2O2S. The number of carbonyl (C=O) groups excluding carboxylic acids is 2. The molecule has 1 atom stereocenters. The molecule has 0 saturated carbocycles. The fraction of sp³-hybridized carbons (Fsp3) is 0.286. The zero-order valence-electron chi connectivity index (χ0n) is 20.2. The first-order valence-corrected chi connectivity index (χ1v) is 13.5. The Hall–Kier alpha value is -2.54. The zero-order valence-corrected chi connectivity index (χ0v) is 22.5. The number of thioether (sulfide) groups is 1. The summed E-state index contributed by atoms with van der Waals surface area (Å²) in [4.78, 5) is 28.5. The average Bonchev–Trinajstić information content (AvgIpc) is 2.84. The van der Waals surface area contributed by atoms with Crippen LogP contribution in [0.25, 0.3) is 0 Å². The van der Waals surface area contributed by atoms with Gasteiger partial charge in [0.05, 0.1) is 5.75 Å². The molecule has 0 aliphatic heterocycles. The Morgan fingerprint density at radius 1 is 0.972 bits per heavy atom. The number of nitrogens with zero attached hydrogens (tertiary/aromatic N) is 1. The summed E-state index contributed by atoms with van der Waals surface area (Å²) in [6.07, 6.45) is 0.342. The van der Waals surface area contributed by atoms with E-state index in [-0.39, 0.29) is 36.0 Å². The largest absolute Gasteiger partial charge is 0.352 e. The van der Waals surface area contributed by atoms with E-state index in [4.69, 9.17) is 23.2 Å². The molecule has 0 aliphatic rings. The van der Waals surface area contributed by atoms with Crippen molar-refractivity contribution in [3.63, 3.8) is 0 Å². The van der Waals surface area contributed by atoms with E-state index in [0.29, 0.717) is 33.3 Å². The zero-order chi connectivity index (χ0) is 26.1. The van der Waals surface area contributed by atoms with Gasteiger partial charge in [-0.05, 0) is 48.7 Å². The number of hydrogen-bond donors (Lipinski definition) is 1. The number of hydrogen-bond acceptors (Lipinski definition) is 3. The molecule has 0 radical (unpaired) electrons. The highest BCUT2D eigenvalue weighted by molar-refractivity contribution is 7.99. The molecule has 0 heterocycles. The highest BCUT2D eigenvalue weighted by atomic mass is 35.5. The molecule has 0 fully saturated rings. The molecular weight excluding hydrogens is 518 g/mol. The van der Waals surface area contributed by atoms with Crippen LogP contribution in [0.1, 0.15) is 30.5 Å². The predicted octanol–water partition coefficient (Wildman–Crippen LogP) is 6.53. The summed E-state index contributed by atoms with van der Waals surface area (Å²) in [5, 5.41) is 3.86. The minimum absolute atomic E-state index is 0.0831. The van der Waals surface area contributed by atoms with Crippen LogP contribution in [0.2, 0.25) is 10.0 Å². The van der Waals surface area contributed by atoms with Gasteiger partial charge in [0, 0.05) is 34.8 Å². The minimum atomic E-state index is -0.761. The Bertz CT molecular complexity index is 1180. The first kappa shape index (κ1) is 28.0. The third kappa shape index (κ3) is 8.26. The summed E-state index contributed by atoms with van der Waals surface area (Å²) < 4.78 is 14.0. The van der Waals surface area contributed by atoms with Gasteiger partial charge in [-0.15, -0.1) is 11.8 Å². The number of amides is 2. The summed E-state index contributed by atoms with van der Waals surface area (Å²) in [5.74, 6) is -0.357. The van der Waals surface area contributed by atoms with E-state index >= 15 is 0 Å². The number of carbonyl (C=O) groups is 2. The van der Waals surface area contributed by atoms with Gasteiger partial charge in [-0.3, -0.25) is 9.59 Å². The normalized spacial score (nSPS) is 11.8. The lowest BCUT2D eigenvalue weighted by Gasteiger charge is -2.32. The molecule has 4 nitrogen and oxygen atoms in total. The number of halogens is 3.